The molecule has 3 nitrogen and oxygen atoms in total. The lowest BCUT2D eigenvalue weighted by Crippen LogP contribution is -2.22. The van der Waals surface area contributed by atoms with Gasteiger partial charge in [0.1, 0.15) is 5.82 Å². The van der Waals surface area contributed by atoms with Gasteiger partial charge < -0.3 is 10.6 Å². The maximum atomic E-state index is 4.30. The molecule has 2 heterocycles. The molecule has 0 spiro atoms. The van der Waals surface area contributed by atoms with Crippen molar-refractivity contribution in [1.29, 1.82) is 0 Å². The quantitative estimate of drug-likeness (QED) is 0.712. The second-order valence-corrected chi connectivity index (χ2v) is 3.55. The van der Waals surface area contributed by atoms with E-state index in [1.807, 2.05) is 19.2 Å². The number of hydrogen-bond acceptors (Lipinski definition) is 3. The van der Waals surface area contributed by atoms with Crippen molar-refractivity contribution < 1.29 is 0 Å². The van der Waals surface area contributed by atoms with E-state index in [1.165, 1.54) is 12.0 Å². The highest BCUT2D eigenvalue weighted by Gasteiger charge is 2.13. The van der Waals surface area contributed by atoms with Crippen molar-refractivity contribution in [3.63, 3.8) is 0 Å². The van der Waals surface area contributed by atoms with Gasteiger partial charge in [0.15, 0.2) is 0 Å². The van der Waals surface area contributed by atoms with E-state index in [0.29, 0.717) is 6.04 Å². The second kappa shape index (κ2) is 3.75. The fourth-order valence-electron chi connectivity index (χ4n) is 1.54. The molecule has 3 heteroatoms. The Balaban J connectivity index is 1.97. The van der Waals surface area contributed by atoms with Crippen LogP contribution in [0.4, 0.5) is 5.82 Å². The van der Waals surface area contributed by atoms with Crippen molar-refractivity contribution in [2.75, 3.05) is 18.4 Å². The summed E-state index contributed by atoms with van der Waals surface area (Å²) < 4.78 is 0. The largest absolute Gasteiger partial charge is 0.366 e. The van der Waals surface area contributed by atoms with Crippen LogP contribution in [0.2, 0.25) is 0 Å². The first kappa shape index (κ1) is 8.51. The van der Waals surface area contributed by atoms with Gasteiger partial charge in [-0.1, -0.05) is 6.07 Å². The van der Waals surface area contributed by atoms with Crippen molar-refractivity contribution in [2.24, 2.45) is 0 Å². The van der Waals surface area contributed by atoms with E-state index in [2.05, 4.69) is 21.7 Å². The highest BCUT2D eigenvalue weighted by molar-refractivity contribution is 5.36. The molecule has 1 aliphatic heterocycles. The standard InChI is InChI=1S/C10H15N3/c1-8-2-3-10(12-6-8)13-9-4-5-11-7-9/h2-3,6,9,11H,4-5,7H2,1H3,(H,12,13)/t9-/m1/s1. The summed E-state index contributed by atoms with van der Waals surface area (Å²) in [5.74, 6) is 0.985. The van der Waals surface area contributed by atoms with Gasteiger partial charge in [-0.3, -0.25) is 0 Å². The fraction of sp³-hybridized carbons (Fsp3) is 0.500. The van der Waals surface area contributed by atoms with Crippen LogP contribution in [-0.4, -0.2) is 24.1 Å². The molecule has 13 heavy (non-hydrogen) atoms. The molecule has 0 bridgehead atoms. The van der Waals surface area contributed by atoms with Crippen LogP contribution in [0.15, 0.2) is 18.3 Å². The van der Waals surface area contributed by atoms with Gasteiger partial charge in [0.25, 0.3) is 0 Å². The van der Waals surface area contributed by atoms with Crippen LogP contribution in [-0.2, 0) is 0 Å². The molecule has 0 unspecified atom stereocenters. The predicted molar refractivity (Wildman–Crippen MR) is 53.9 cm³/mol. The van der Waals surface area contributed by atoms with Gasteiger partial charge in [-0.25, -0.2) is 4.98 Å². The topological polar surface area (TPSA) is 37.0 Å². The fourth-order valence-corrected chi connectivity index (χ4v) is 1.54. The van der Waals surface area contributed by atoms with Gasteiger partial charge >= 0.3 is 0 Å². The van der Waals surface area contributed by atoms with E-state index in [0.717, 1.165) is 18.9 Å². The van der Waals surface area contributed by atoms with Crippen LogP contribution in [0.3, 0.4) is 0 Å². The van der Waals surface area contributed by atoms with Crippen molar-refractivity contribution in [3.8, 4) is 0 Å². The van der Waals surface area contributed by atoms with E-state index in [9.17, 15) is 0 Å². The maximum absolute atomic E-state index is 4.30. The third kappa shape index (κ3) is 2.18. The Bertz CT molecular complexity index is 262. The Morgan fingerprint density at radius 1 is 1.54 bits per heavy atom. The highest BCUT2D eigenvalue weighted by Crippen LogP contribution is 2.08. The van der Waals surface area contributed by atoms with E-state index < -0.39 is 0 Å². The monoisotopic (exact) mass is 177 g/mol. The zero-order valence-electron chi connectivity index (χ0n) is 7.88. The Morgan fingerprint density at radius 3 is 3.08 bits per heavy atom. The predicted octanol–water partition coefficient (Wildman–Crippen LogP) is 1.16. The number of anilines is 1. The first-order chi connectivity index (χ1) is 6.34. The van der Waals surface area contributed by atoms with Gasteiger partial charge in [-0.15, -0.1) is 0 Å². The molecule has 2 rings (SSSR count). The van der Waals surface area contributed by atoms with Crippen LogP contribution in [0, 0.1) is 6.92 Å². The van der Waals surface area contributed by atoms with Crippen LogP contribution in [0.25, 0.3) is 0 Å². The molecule has 1 aromatic rings. The average Bonchev–Trinajstić information content (AvgIpc) is 2.62. The van der Waals surface area contributed by atoms with Crippen LogP contribution in [0.5, 0.6) is 0 Å². The minimum Gasteiger partial charge on any atom is -0.366 e. The summed E-state index contributed by atoms with van der Waals surface area (Å²) >= 11 is 0. The molecule has 1 fully saturated rings. The molecule has 1 aromatic heterocycles. The average molecular weight is 177 g/mol. The van der Waals surface area contributed by atoms with Gasteiger partial charge in [0, 0.05) is 18.8 Å². The number of rotatable bonds is 2. The Morgan fingerprint density at radius 2 is 2.46 bits per heavy atom. The number of aromatic nitrogens is 1. The van der Waals surface area contributed by atoms with Gasteiger partial charge in [0.2, 0.25) is 0 Å². The molecule has 1 atom stereocenters. The molecule has 1 aliphatic rings. The number of aryl methyl sites for hydroxylation is 1. The van der Waals surface area contributed by atoms with Crippen LogP contribution >= 0.6 is 0 Å². The molecule has 0 aromatic carbocycles. The smallest absolute Gasteiger partial charge is 0.126 e. The van der Waals surface area contributed by atoms with Crippen molar-refractivity contribution in [1.82, 2.24) is 10.3 Å². The lowest BCUT2D eigenvalue weighted by molar-refractivity contribution is 0.788. The molecular weight excluding hydrogens is 162 g/mol. The number of nitrogens with zero attached hydrogens (tertiary/aromatic N) is 1. The Kier molecular flexibility index (Phi) is 2.45. The second-order valence-electron chi connectivity index (χ2n) is 3.55. The van der Waals surface area contributed by atoms with Crippen molar-refractivity contribution in [2.45, 2.75) is 19.4 Å². The zero-order chi connectivity index (χ0) is 9.10. The maximum Gasteiger partial charge on any atom is 0.126 e. The van der Waals surface area contributed by atoms with Crippen LogP contribution < -0.4 is 10.6 Å². The third-order valence-corrected chi connectivity index (χ3v) is 2.32. The molecule has 0 radical (unpaired) electrons. The highest BCUT2D eigenvalue weighted by atomic mass is 15.1. The first-order valence-corrected chi connectivity index (χ1v) is 4.74. The minimum atomic E-state index is 0.551. The van der Waals surface area contributed by atoms with Gasteiger partial charge in [-0.05, 0) is 31.5 Å². The number of pyridine rings is 1. The normalized spacial score (nSPS) is 21.8. The van der Waals surface area contributed by atoms with Crippen molar-refractivity contribution in [3.05, 3.63) is 23.9 Å². The van der Waals surface area contributed by atoms with E-state index >= 15 is 0 Å². The minimum absolute atomic E-state index is 0.551. The molecular formula is C10H15N3. The van der Waals surface area contributed by atoms with Gasteiger partial charge in [0.05, 0.1) is 0 Å². The number of hydrogen-bond donors (Lipinski definition) is 2. The molecule has 0 aliphatic carbocycles. The van der Waals surface area contributed by atoms with Crippen LogP contribution in [0.1, 0.15) is 12.0 Å². The van der Waals surface area contributed by atoms with E-state index in [-0.39, 0.29) is 0 Å². The van der Waals surface area contributed by atoms with Gasteiger partial charge in [-0.2, -0.15) is 0 Å². The summed E-state index contributed by atoms with van der Waals surface area (Å²) in [6.45, 7) is 4.22. The Hall–Kier alpha value is -1.09. The lowest BCUT2D eigenvalue weighted by atomic mass is 10.2. The number of nitrogens with one attached hydrogen (secondary N) is 2. The summed E-state index contributed by atoms with van der Waals surface area (Å²) in [6, 6.07) is 4.67. The zero-order valence-corrected chi connectivity index (χ0v) is 7.88. The molecule has 0 amide bonds. The summed E-state index contributed by atoms with van der Waals surface area (Å²) in [5.41, 5.74) is 1.20. The summed E-state index contributed by atoms with van der Waals surface area (Å²) in [6.07, 6.45) is 3.08. The SMILES string of the molecule is Cc1ccc(N[C@@H]2CCNC2)nc1. The summed E-state index contributed by atoms with van der Waals surface area (Å²) in [7, 11) is 0. The first-order valence-electron chi connectivity index (χ1n) is 4.74. The third-order valence-electron chi connectivity index (χ3n) is 2.32. The molecule has 0 saturated carbocycles. The van der Waals surface area contributed by atoms with E-state index in [1.54, 1.807) is 0 Å². The summed E-state index contributed by atoms with van der Waals surface area (Å²) in [4.78, 5) is 4.30. The molecule has 1 saturated heterocycles. The molecule has 70 valence electrons. The lowest BCUT2D eigenvalue weighted by Gasteiger charge is -2.11. The summed E-state index contributed by atoms with van der Waals surface area (Å²) in [5, 5.41) is 6.71. The van der Waals surface area contributed by atoms with E-state index in [4.69, 9.17) is 0 Å². The Labute approximate surface area is 78.6 Å². The van der Waals surface area contributed by atoms with Crippen molar-refractivity contribution >= 4 is 5.82 Å². The molecule has 2 N–H and O–H groups in total.